The van der Waals surface area contributed by atoms with E-state index in [2.05, 4.69) is 21.2 Å². The van der Waals surface area contributed by atoms with Gasteiger partial charge in [0.2, 0.25) is 0 Å². The summed E-state index contributed by atoms with van der Waals surface area (Å²) >= 11 is 9.13. The molecule has 106 valence electrons. The van der Waals surface area contributed by atoms with Crippen molar-refractivity contribution in [2.45, 2.75) is 0 Å². The molecular weight excluding hydrogens is 356 g/mol. The molecule has 2 rings (SSSR count). The Morgan fingerprint density at radius 3 is 2.62 bits per heavy atom. The van der Waals surface area contributed by atoms with Crippen molar-refractivity contribution in [2.24, 2.45) is 0 Å². The minimum Gasteiger partial charge on any atom is -0.483 e. The van der Waals surface area contributed by atoms with Crippen molar-refractivity contribution < 1.29 is 9.53 Å². The van der Waals surface area contributed by atoms with E-state index >= 15 is 0 Å². The van der Waals surface area contributed by atoms with Crippen molar-refractivity contribution in [3.8, 4) is 11.8 Å². The Hall–Kier alpha value is -2.03. The minimum atomic E-state index is -0.290. The van der Waals surface area contributed by atoms with Crippen molar-refractivity contribution in [3.05, 3.63) is 57.5 Å². The maximum absolute atomic E-state index is 11.8. The average molecular weight is 366 g/mol. The molecule has 0 saturated carbocycles. The molecule has 0 aromatic heterocycles. The second-order valence-electron chi connectivity index (χ2n) is 4.10. The molecule has 0 radical (unpaired) electrons. The summed E-state index contributed by atoms with van der Waals surface area (Å²) in [5.74, 6) is 0.246. The number of nitriles is 1. The van der Waals surface area contributed by atoms with Crippen LogP contribution in [0.5, 0.6) is 5.75 Å². The summed E-state index contributed by atoms with van der Waals surface area (Å²) in [5.41, 5.74) is 1.15. The van der Waals surface area contributed by atoms with Crippen LogP contribution in [0.25, 0.3) is 0 Å². The van der Waals surface area contributed by atoms with Gasteiger partial charge in [0, 0.05) is 10.7 Å². The number of nitrogens with one attached hydrogen (secondary N) is 1. The second kappa shape index (κ2) is 7.11. The molecule has 0 spiro atoms. The Labute approximate surface area is 135 Å². The summed E-state index contributed by atoms with van der Waals surface area (Å²) in [6.07, 6.45) is 0. The van der Waals surface area contributed by atoms with E-state index in [1.807, 2.05) is 6.07 Å². The zero-order chi connectivity index (χ0) is 15.2. The van der Waals surface area contributed by atoms with Gasteiger partial charge in [0.15, 0.2) is 6.61 Å². The molecule has 0 bridgehead atoms. The minimum absolute atomic E-state index is 0.125. The fraction of sp³-hybridized carbons (Fsp3) is 0.0667. The van der Waals surface area contributed by atoms with E-state index in [4.69, 9.17) is 21.6 Å². The molecule has 0 fully saturated rings. The number of amides is 1. The SMILES string of the molecule is N#Cc1ccc(NC(=O)COc2ccc(Cl)cc2Br)cc1. The highest BCUT2D eigenvalue weighted by Gasteiger charge is 2.06. The number of halogens is 2. The van der Waals surface area contributed by atoms with Crippen LogP contribution >= 0.6 is 27.5 Å². The molecule has 0 aliphatic heterocycles. The summed E-state index contributed by atoms with van der Waals surface area (Å²) in [4.78, 5) is 11.8. The van der Waals surface area contributed by atoms with Gasteiger partial charge in [0.1, 0.15) is 5.75 Å². The van der Waals surface area contributed by atoms with Gasteiger partial charge in [0.25, 0.3) is 5.91 Å². The molecule has 2 aromatic rings. The molecule has 2 aromatic carbocycles. The lowest BCUT2D eigenvalue weighted by Crippen LogP contribution is -2.20. The number of hydrogen-bond acceptors (Lipinski definition) is 3. The van der Waals surface area contributed by atoms with Crippen LogP contribution < -0.4 is 10.1 Å². The molecule has 1 amide bonds. The van der Waals surface area contributed by atoms with Gasteiger partial charge in [-0.3, -0.25) is 4.79 Å². The van der Waals surface area contributed by atoms with Gasteiger partial charge in [-0.25, -0.2) is 0 Å². The van der Waals surface area contributed by atoms with Crippen LogP contribution in [-0.2, 0) is 4.79 Å². The number of benzene rings is 2. The van der Waals surface area contributed by atoms with E-state index in [9.17, 15) is 4.79 Å². The molecule has 1 N–H and O–H groups in total. The van der Waals surface area contributed by atoms with Gasteiger partial charge in [0.05, 0.1) is 16.1 Å². The first-order valence-corrected chi connectivity index (χ1v) is 7.13. The molecule has 6 heteroatoms. The molecule has 0 saturated heterocycles. The van der Waals surface area contributed by atoms with E-state index in [1.54, 1.807) is 42.5 Å². The predicted molar refractivity (Wildman–Crippen MR) is 84.4 cm³/mol. The first-order chi connectivity index (χ1) is 10.1. The Morgan fingerprint density at radius 2 is 2.00 bits per heavy atom. The molecule has 21 heavy (non-hydrogen) atoms. The van der Waals surface area contributed by atoms with Crippen LogP contribution in [0, 0.1) is 11.3 Å². The van der Waals surface area contributed by atoms with Crippen LogP contribution in [-0.4, -0.2) is 12.5 Å². The van der Waals surface area contributed by atoms with Gasteiger partial charge in [-0.05, 0) is 58.4 Å². The van der Waals surface area contributed by atoms with Gasteiger partial charge in [-0.2, -0.15) is 5.26 Å². The van der Waals surface area contributed by atoms with E-state index in [0.29, 0.717) is 26.5 Å². The van der Waals surface area contributed by atoms with Crippen molar-refractivity contribution in [2.75, 3.05) is 11.9 Å². The van der Waals surface area contributed by atoms with E-state index in [1.165, 1.54) is 0 Å². The van der Waals surface area contributed by atoms with Crippen molar-refractivity contribution >= 4 is 39.1 Å². The van der Waals surface area contributed by atoms with E-state index in [-0.39, 0.29) is 12.5 Å². The number of carbonyl (C=O) groups excluding carboxylic acids is 1. The summed E-state index contributed by atoms with van der Waals surface area (Å²) in [6, 6.07) is 13.6. The fourth-order valence-electron chi connectivity index (χ4n) is 1.56. The van der Waals surface area contributed by atoms with Gasteiger partial charge < -0.3 is 10.1 Å². The predicted octanol–water partition coefficient (Wildman–Crippen LogP) is 3.99. The van der Waals surface area contributed by atoms with Crippen LogP contribution in [0.2, 0.25) is 5.02 Å². The normalized spacial score (nSPS) is 9.76. The number of nitrogens with zero attached hydrogens (tertiary/aromatic N) is 1. The molecule has 0 aliphatic rings. The highest BCUT2D eigenvalue weighted by atomic mass is 79.9. The third-order valence-electron chi connectivity index (χ3n) is 2.55. The summed E-state index contributed by atoms with van der Waals surface area (Å²) in [5, 5.41) is 12.0. The standard InChI is InChI=1S/C15H10BrClN2O2/c16-13-7-11(17)3-6-14(13)21-9-15(20)19-12-4-1-10(8-18)2-5-12/h1-7H,9H2,(H,19,20). The number of carbonyl (C=O) groups is 1. The zero-order valence-corrected chi connectivity index (χ0v) is 13.1. The number of hydrogen-bond donors (Lipinski definition) is 1. The van der Waals surface area contributed by atoms with Crippen molar-refractivity contribution in [3.63, 3.8) is 0 Å². The molecule has 0 aliphatic carbocycles. The largest absolute Gasteiger partial charge is 0.483 e. The van der Waals surface area contributed by atoms with Crippen LogP contribution in [0.3, 0.4) is 0 Å². The quantitative estimate of drug-likeness (QED) is 0.891. The number of rotatable bonds is 4. The molecule has 0 atom stereocenters. The Morgan fingerprint density at radius 1 is 1.29 bits per heavy atom. The highest BCUT2D eigenvalue weighted by molar-refractivity contribution is 9.10. The summed E-state index contributed by atoms with van der Waals surface area (Å²) < 4.78 is 6.08. The Bertz CT molecular complexity index is 696. The molecule has 4 nitrogen and oxygen atoms in total. The molecule has 0 heterocycles. The Balaban J connectivity index is 1.91. The lowest BCUT2D eigenvalue weighted by Gasteiger charge is -2.09. The fourth-order valence-corrected chi connectivity index (χ4v) is 2.36. The zero-order valence-electron chi connectivity index (χ0n) is 10.8. The molecular formula is C15H10BrClN2O2. The van der Waals surface area contributed by atoms with Gasteiger partial charge >= 0.3 is 0 Å². The monoisotopic (exact) mass is 364 g/mol. The topological polar surface area (TPSA) is 62.1 Å². The van der Waals surface area contributed by atoms with Crippen molar-refractivity contribution in [1.82, 2.24) is 0 Å². The average Bonchev–Trinajstić information content (AvgIpc) is 2.47. The maximum Gasteiger partial charge on any atom is 0.262 e. The third kappa shape index (κ3) is 4.48. The second-order valence-corrected chi connectivity index (χ2v) is 5.39. The maximum atomic E-state index is 11.8. The first kappa shape index (κ1) is 15.4. The van der Waals surface area contributed by atoms with Crippen LogP contribution in [0.15, 0.2) is 46.9 Å². The number of anilines is 1. The number of ether oxygens (including phenoxy) is 1. The first-order valence-electron chi connectivity index (χ1n) is 5.96. The van der Waals surface area contributed by atoms with E-state index in [0.717, 1.165) is 0 Å². The van der Waals surface area contributed by atoms with Gasteiger partial charge in [-0.1, -0.05) is 11.6 Å². The van der Waals surface area contributed by atoms with Crippen molar-refractivity contribution in [1.29, 1.82) is 5.26 Å². The van der Waals surface area contributed by atoms with E-state index < -0.39 is 0 Å². The third-order valence-corrected chi connectivity index (χ3v) is 3.41. The Kier molecular flexibility index (Phi) is 5.20. The lowest BCUT2D eigenvalue weighted by molar-refractivity contribution is -0.118. The molecule has 0 unspecified atom stereocenters. The van der Waals surface area contributed by atoms with Crippen LogP contribution in [0.4, 0.5) is 5.69 Å². The van der Waals surface area contributed by atoms with Crippen LogP contribution in [0.1, 0.15) is 5.56 Å². The lowest BCUT2D eigenvalue weighted by atomic mass is 10.2. The smallest absolute Gasteiger partial charge is 0.262 e. The highest BCUT2D eigenvalue weighted by Crippen LogP contribution is 2.27. The van der Waals surface area contributed by atoms with Gasteiger partial charge in [-0.15, -0.1) is 0 Å². The summed E-state index contributed by atoms with van der Waals surface area (Å²) in [6.45, 7) is -0.125. The summed E-state index contributed by atoms with van der Waals surface area (Å²) in [7, 11) is 0.